The SMILES string of the molecule is Cc1ccc(N2C[C@H](C(=O)Nc3c4c(nn3C(C)(C)C)CS(=O)(=O)C4)CC2=O)cc1C. The summed E-state index contributed by atoms with van der Waals surface area (Å²) in [5, 5.41) is 7.39. The summed E-state index contributed by atoms with van der Waals surface area (Å²) in [5.41, 5.74) is 3.62. The Kier molecular flexibility index (Phi) is 4.99. The van der Waals surface area contributed by atoms with E-state index in [1.165, 1.54) is 0 Å². The number of nitrogens with one attached hydrogen (secondary N) is 1. The fourth-order valence-corrected chi connectivity index (χ4v) is 5.60. The minimum atomic E-state index is -3.25. The molecule has 31 heavy (non-hydrogen) atoms. The van der Waals surface area contributed by atoms with Gasteiger partial charge in [0.2, 0.25) is 11.8 Å². The summed E-state index contributed by atoms with van der Waals surface area (Å²) in [6.45, 7) is 10.1. The highest BCUT2D eigenvalue weighted by Crippen LogP contribution is 2.35. The van der Waals surface area contributed by atoms with Gasteiger partial charge in [-0.1, -0.05) is 6.07 Å². The largest absolute Gasteiger partial charge is 0.312 e. The number of fused-ring (bicyclic) bond motifs is 1. The van der Waals surface area contributed by atoms with Gasteiger partial charge in [0.05, 0.1) is 28.7 Å². The zero-order valence-corrected chi connectivity index (χ0v) is 19.3. The van der Waals surface area contributed by atoms with Crippen molar-refractivity contribution in [1.82, 2.24) is 9.78 Å². The molecule has 0 radical (unpaired) electrons. The Morgan fingerprint density at radius 1 is 1.16 bits per heavy atom. The van der Waals surface area contributed by atoms with Crippen molar-refractivity contribution in [2.45, 2.75) is 58.1 Å². The maximum atomic E-state index is 13.1. The Morgan fingerprint density at radius 3 is 2.52 bits per heavy atom. The molecule has 0 aliphatic carbocycles. The lowest BCUT2D eigenvalue weighted by molar-refractivity contribution is -0.122. The third-order valence-electron chi connectivity index (χ3n) is 5.96. The van der Waals surface area contributed by atoms with Gasteiger partial charge in [-0.15, -0.1) is 0 Å². The zero-order chi connectivity index (χ0) is 22.7. The summed E-state index contributed by atoms with van der Waals surface area (Å²) in [4.78, 5) is 27.4. The molecule has 8 nitrogen and oxygen atoms in total. The molecule has 4 rings (SSSR count). The molecule has 1 saturated heterocycles. The number of hydrogen-bond acceptors (Lipinski definition) is 5. The molecule has 1 aromatic heterocycles. The van der Waals surface area contributed by atoms with Gasteiger partial charge in [0.15, 0.2) is 9.84 Å². The monoisotopic (exact) mass is 444 g/mol. The molecule has 2 amide bonds. The van der Waals surface area contributed by atoms with Crippen molar-refractivity contribution in [3.8, 4) is 0 Å². The maximum Gasteiger partial charge on any atom is 0.230 e. The molecule has 0 bridgehead atoms. The van der Waals surface area contributed by atoms with Crippen molar-refractivity contribution in [3.05, 3.63) is 40.6 Å². The van der Waals surface area contributed by atoms with Crippen LogP contribution in [0.15, 0.2) is 18.2 Å². The molecule has 1 atom stereocenters. The number of rotatable bonds is 3. The van der Waals surface area contributed by atoms with Gasteiger partial charge >= 0.3 is 0 Å². The molecule has 0 saturated carbocycles. The highest BCUT2D eigenvalue weighted by atomic mass is 32.2. The second kappa shape index (κ2) is 7.19. The number of nitrogens with zero attached hydrogens (tertiary/aromatic N) is 3. The Hall–Kier alpha value is -2.68. The molecule has 9 heteroatoms. The molecule has 3 heterocycles. The number of carbonyl (C=O) groups is 2. The van der Waals surface area contributed by atoms with Crippen molar-refractivity contribution in [2.24, 2.45) is 5.92 Å². The highest BCUT2D eigenvalue weighted by Gasteiger charge is 2.39. The van der Waals surface area contributed by atoms with Crippen LogP contribution < -0.4 is 10.2 Å². The number of carbonyl (C=O) groups excluding carboxylic acids is 2. The predicted octanol–water partition coefficient (Wildman–Crippen LogP) is 2.67. The van der Waals surface area contributed by atoms with Crippen molar-refractivity contribution >= 4 is 33.2 Å². The van der Waals surface area contributed by atoms with Gasteiger partial charge in [-0.05, 0) is 57.9 Å². The van der Waals surface area contributed by atoms with E-state index in [4.69, 9.17) is 0 Å². The molecule has 1 aromatic carbocycles. The van der Waals surface area contributed by atoms with Crippen LogP contribution in [0.5, 0.6) is 0 Å². The van der Waals surface area contributed by atoms with E-state index in [1.807, 2.05) is 52.8 Å². The molecular weight excluding hydrogens is 416 g/mol. The lowest BCUT2D eigenvalue weighted by Gasteiger charge is -2.24. The van der Waals surface area contributed by atoms with Crippen molar-refractivity contribution in [2.75, 3.05) is 16.8 Å². The van der Waals surface area contributed by atoms with Crippen molar-refractivity contribution < 1.29 is 18.0 Å². The van der Waals surface area contributed by atoms with Gasteiger partial charge in [0, 0.05) is 24.2 Å². The Bertz CT molecular complexity index is 1190. The predicted molar refractivity (Wildman–Crippen MR) is 119 cm³/mol. The molecule has 1 fully saturated rings. The average molecular weight is 445 g/mol. The summed E-state index contributed by atoms with van der Waals surface area (Å²) < 4.78 is 25.9. The molecule has 166 valence electrons. The summed E-state index contributed by atoms with van der Waals surface area (Å²) >= 11 is 0. The standard InChI is InChI=1S/C22H28N4O4S/c1-13-6-7-16(8-14(13)2)25-10-15(9-19(25)27)21(28)23-20-17-11-31(29,30)12-18(17)24-26(20)22(3,4)5/h6-8,15H,9-12H2,1-5H3,(H,23,28)/t15-/m1/s1. The van der Waals surface area contributed by atoms with Crippen LogP contribution in [0.25, 0.3) is 0 Å². The Labute approximate surface area is 182 Å². The van der Waals surface area contributed by atoms with Gasteiger partial charge in [-0.2, -0.15) is 5.10 Å². The minimum absolute atomic E-state index is 0.0967. The van der Waals surface area contributed by atoms with Crippen LogP contribution in [0.4, 0.5) is 11.5 Å². The van der Waals surface area contributed by atoms with E-state index in [2.05, 4.69) is 10.4 Å². The van der Waals surface area contributed by atoms with Gasteiger partial charge in [0.25, 0.3) is 0 Å². The van der Waals surface area contributed by atoms with E-state index in [0.717, 1.165) is 16.8 Å². The zero-order valence-electron chi connectivity index (χ0n) is 18.5. The van der Waals surface area contributed by atoms with Crippen LogP contribution in [-0.2, 0) is 36.5 Å². The Morgan fingerprint density at radius 2 is 1.87 bits per heavy atom. The normalized spacial score (nSPS) is 20.2. The molecule has 0 unspecified atom stereocenters. The van der Waals surface area contributed by atoms with E-state index in [-0.39, 0.29) is 36.3 Å². The van der Waals surface area contributed by atoms with E-state index < -0.39 is 21.3 Å². The quantitative estimate of drug-likeness (QED) is 0.784. The van der Waals surface area contributed by atoms with Crippen LogP contribution in [-0.4, -0.2) is 36.6 Å². The average Bonchev–Trinajstić information content (AvgIpc) is 3.28. The molecule has 2 aliphatic rings. The van der Waals surface area contributed by atoms with Gasteiger partial charge < -0.3 is 10.2 Å². The second-order valence-electron chi connectivity index (χ2n) is 9.55. The van der Waals surface area contributed by atoms with Gasteiger partial charge in [0.1, 0.15) is 5.82 Å². The summed E-state index contributed by atoms with van der Waals surface area (Å²) in [5.74, 6) is -0.738. The number of amides is 2. The van der Waals surface area contributed by atoms with Crippen LogP contribution in [0.3, 0.4) is 0 Å². The van der Waals surface area contributed by atoms with Crippen LogP contribution in [0.1, 0.15) is 49.6 Å². The summed E-state index contributed by atoms with van der Waals surface area (Å²) in [6, 6.07) is 5.82. The van der Waals surface area contributed by atoms with Crippen molar-refractivity contribution in [3.63, 3.8) is 0 Å². The smallest absolute Gasteiger partial charge is 0.230 e. The van der Waals surface area contributed by atoms with Crippen LogP contribution in [0.2, 0.25) is 0 Å². The number of anilines is 2. The first kappa shape index (κ1) is 21.5. The fourth-order valence-electron chi connectivity index (χ4n) is 4.10. The van der Waals surface area contributed by atoms with E-state index >= 15 is 0 Å². The fraction of sp³-hybridized carbons (Fsp3) is 0.500. The van der Waals surface area contributed by atoms with E-state index in [0.29, 0.717) is 17.1 Å². The van der Waals surface area contributed by atoms with Crippen molar-refractivity contribution in [1.29, 1.82) is 0 Å². The van der Waals surface area contributed by atoms with Gasteiger partial charge in [-0.3, -0.25) is 9.59 Å². The lowest BCUT2D eigenvalue weighted by atomic mass is 10.1. The summed E-state index contributed by atoms with van der Waals surface area (Å²) in [6.07, 6.45) is 0.114. The number of hydrogen-bond donors (Lipinski definition) is 1. The number of aryl methyl sites for hydroxylation is 2. The number of aromatic nitrogens is 2. The third kappa shape index (κ3) is 3.98. The maximum absolute atomic E-state index is 13.1. The minimum Gasteiger partial charge on any atom is -0.312 e. The van der Waals surface area contributed by atoms with Crippen LogP contribution in [0, 0.1) is 19.8 Å². The van der Waals surface area contributed by atoms with Gasteiger partial charge in [-0.25, -0.2) is 13.1 Å². The first-order chi connectivity index (χ1) is 14.4. The molecular formula is C22H28N4O4S. The molecule has 2 aromatic rings. The lowest BCUT2D eigenvalue weighted by Crippen LogP contribution is -2.31. The van der Waals surface area contributed by atoms with E-state index in [9.17, 15) is 18.0 Å². The first-order valence-corrected chi connectivity index (χ1v) is 12.2. The number of sulfone groups is 1. The van der Waals surface area contributed by atoms with E-state index in [1.54, 1.807) is 9.58 Å². The topological polar surface area (TPSA) is 101 Å². The second-order valence-corrected chi connectivity index (χ2v) is 11.6. The molecule has 0 spiro atoms. The Balaban J connectivity index is 1.58. The first-order valence-electron chi connectivity index (χ1n) is 10.4. The third-order valence-corrected chi connectivity index (χ3v) is 7.40. The molecule has 2 aliphatic heterocycles. The van der Waals surface area contributed by atoms with Crippen LogP contribution >= 0.6 is 0 Å². The number of benzene rings is 1. The molecule has 1 N–H and O–H groups in total. The summed E-state index contributed by atoms with van der Waals surface area (Å²) in [7, 11) is -3.25. The highest BCUT2D eigenvalue weighted by molar-refractivity contribution is 7.90.